The molecule has 1 aliphatic heterocycles. The summed E-state index contributed by atoms with van der Waals surface area (Å²) in [5.74, 6) is 0.757. The Labute approximate surface area is 157 Å². The smallest absolute Gasteiger partial charge is 0.0859 e. The Kier molecular flexibility index (Phi) is 7.24. The van der Waals surface area contributed by atoms with Crippen LogP contribution in [0.3, 0.4) is 0 Å². The first-order chi connectivity index (χ1) is 12.8. The van der Waals surface area contributed by atoms with Crippen molar-refractivity contribution in [2.45, 2.75) is 45.7 Å². The Morgan fingerprint density at radius 3 is 2.15 bits per heavy atom. The second-order valence-electron chi connectivity index (χ2n) is 7.16. The third-order valence-electron chi connectivity index (χ3n) is 5.30. The van der Waals surface area contributed by atoms with E-state index in [0.29, 0.717) is 31.7 Å². The summed E-state index contributed by atoms with van der Waals surface area (Å²) < 4.78 is 18.4. The molecule has 3 heteroatoms. The summed E-state index contributed by atoms with van der Waals surface area (Å²) in [5.41, 5.74) is 2.41. The molecule has 0 spiro atoms. The van der Waals surface area contributed by atoms with Gasteiger partial charge in [-0.25, -0.2) is 0 Å². The second-order valence-corrected chi connectivity index (χ2v) is 7.16. The van der Waals surface area contributed by atoms with E-state index in [0.717, 1.165) is 13.0 Å². The Hall–Kier alpha value is -1.68. The van der Waals surface area contributed by atoms with Crippen LogP contribution in [0.2, 0.25) is 0 Å². The van der Waals surface area contributed by atoms with Crippen molar-refractivity contribution in [3.05, 3.63) is 71.8 Å². The van der Waals surface area contributed by atoms with Crippen LogP contribution in [0.1, 0.15) is 31.4 Å². The Morgan fingerprint density at radius 1 is 0.923 bits per heavy atom. The van der Waals surface area contributed by atoms with Crippen molar-refractivity contribution in [2.24, 2.45) is 11.8 Å². The van der Waals surface area contributed by atoms with E-state index in [4.69, 9.17) is 14.2 Å². The molecule has 2 aromatic carbocycles. The van der Waals surface area contributed by atoms with Crippen molar-refractivity contribution >= 4 is 0 Å². The van der Waals surface area contributed by atoms with E-state index < -0.39 is 0 Å². The lowest BCUT2D eigenvalue weighted by molar-refractivity contribution is -0.168. The van der Waals surface area contributed by atoms with Gasteiger partial charge in [0.15, 0.2) is 0 Å². The number of rotatable bonds is 8. The Morgan fingerprint density at radius 2 is 1.54 bits per heavy atom. The Balaban J connectivity index is 1.53. The van der Waals surface area contributed by atoms with Crippen LogP contribution in [0.25, 0.3) is 0 Å². The molecule has 3 rings (SSSR count). The molecule has 1 aliphatic rings. The van der Waals surface area contributed by atoms with Crippen molar-refractivity contribution in [3.63, 3.8) is 0 Å². The highest BCUT2D eigenvalue weighted by Gasteiger charge is 2.37. The van der Waals surface area contributed by atoms with Crippen LogP contribution in [0.15, 0.2) is 60.7 Å². The molecule has 0 bridgehead atoms. The van der Waals surface area contributed by atoms with Gasteiger partial charge in [0.2, 0.25) is 0 Å². The zero-order valence-electron chi connectivity index (χ0n) is 15.8. The molecule has 4 atom stereocenters. The summed E-state index contributed by atoms with van der Waals surface area (Å²) in [4.78, 5) is 0. The Bertz CT molecular complexity index is 628. The van der Waals surface area contributed by atoms with Gasteiger partial charge in [0.25, 0.3) is 0 Å². The van der Waals surface area contributed by atoms with E-state index in [9.17, 15) is 0 Å². The van der Waals surface area contributed by atoms with Gasteiger partial charge >= 0.3 is 0 Å². The molecular formula is C23H30O3. The first kappa shape index (κ1) is 19.1. The highest BCUT2D eigenvalue weighted by Crippen LogP contribution is 2.31. The highest BCUT2D eigenvalue weighted by atomic mass is 16.5. The second kappa shape index (κ2) is 9.86. The molecule has 26 heavy (non-hydrogen) atoms. The first-order valence-corrected chi connectivity index (χ1v) is 9.66. The molecule has 0 N–H and O–H groups in total. The zero-order chi connectivity index (χ0) is 18.2. The summed E-state index contributed by atoms with van der Waals surface area (Å²) >= 11 is 0. The quantitative estimate of drug-likeness (QED) is 0.678. The number of hydrogen-bond donors (Lipinski definition) is 0. The molecule has 0 radical (unpaired) electrons. The summed E-state index contributed by atoms with van der Waals surface area (Å²) in [6.45, 7) is 7.08. The molecule has 140 valence electrons. The first-order valence-electron chi connectivity index (χ1n) is 9.66. The van der Waals surface area contributed by atoms with E-state index in [-0.39, 0.29) is 12.2 Å². The van der Waals surface area contributed by atoms with Crippen molar-refractivity contribution < 1.29 is 14.2 Å². The summed E-state index contributed by atoms with van der Waals surface area (Å²) in [6.07, 6.45) is 1.36. The molecule has 1 fully saturated rings. The van der Waals surface area contributed by atoms with Crippen molar-refractivity contribution in [1.29, 1.82) is 0 Å². The predicted molar refractivity (Wildman–Crippen MR) is 104 cm³/mol. The topological polar surface area (TPSA) is 27.7 Å². The van der Waals surface area contributed by atoms with E-state index in [1.807, 2.05) is 24.3 Å². The van der Waals surface area contributed by atoms with Crippen LogP contribution >= 0.6 is 0 Å². The molecular weight excluding hydrogens is 324 g/mol. The maximum absolute atomic E-state index is 6.34. The molecule has 0 aromatic heterocycles. The van der Waals surface area contributed by atoms with Gasteiger partial charge in [0.1, 0.15) is 0 Å². The average Bonchev–Trinajstić information content (AvgIpc) is 2.69. The van der Waals surface area contributed by atoms with Gasteiger partial charge in [-0.15, -0.1) is 0 Å². The minimum absolute atomic E-state index is 0.0854. The molecule has 0 saturated carbocycles. The fourth-order valence-corrected chi connectivity index (χ4v) is 3.61. The van der Waals surface area contributed by atoms with E-state index in [1.54, 1.807) is 0 Å². The lowest BCUT2D eigenvalue weighted by Crippen LogP contribution is -2.47. The SMILES string of the molecule is CC[C@@H]1CO[C@H](COCc2ccccc2)[C@H](C)[C@@H]1OCc1ccccc1. The highest BCUT2D eigenvalue weighted by molar-refractivity contribution is 5.14. The standard InChI is InChI=1S/C23H30O3/c1-3-21-16-25-22(17-24-14-19-10-6-4-7-11-19)18(2)23(21)26-15-20-12-8-5-9-13-20/h4-13,18,21-23H,3,14-17H2,1-2H3/t18-,21+,22+,23-/m0/s1. The third-order valence-corrected chi connectivity index (χ3v) is 5.30. The fourth-order valence-electron chi connectivity index (χ4n) is 3.61. The maximum Gasteiger partial charge on any atom is 0.0859 e. The van der Waals surface area contributed by atoms with Crippen molar-refractivity contribution in [1.82, 2.24) is 0 Å². The van der Waals surface area contributed by atoms with Gasteiger partial charge < -0.3 is 14.2 Å². The molecule has 0 aliphatic carbocycles. The van der Waals surface area contributed by atoms with Gasteiger partial charge in [-0.05, 0) is 17.5 Å². The van der Waals surface area contributed by atoms with Crippen LogP contribution in [-0.2, 0) is 27.4 Å². The lowest BCUT2D eigenvalue weighted by atomic mass is 9.84. The predicted octanol–water partition coefficient (Wildman–Crippen LogP) is 4.85. The van der Waals surface area contributed by atoms with Crippen LogP contribution in [-0.4, -0.2) is 25.4 Å². The molecule has 1 saturated heterocycles. The molecule has 0 unspecified atom stereocenters. The third kappa shape index (κ3) is 5.16. The van der Waals surface area contributed by atoms with Gasteiger partial charge in [-0.2, -0.15) is 0 Å². The van der Waals surface area contributed by atoms with E-state index in [1.165, 1.54) is 11.1 Å². The summed E-state index contributed by atoms with van der Waals surface area (Å²) in [5, 5.41) is 0. The average molecular weight is 354 g/mol. The van der Waals surface area contributed by atoms with Crippen LogP contribution in [0, 0.1) is 11.8 Å². The molecule has 0 amide bonds. The minimum Gasteiger partial charge on any atom is -0.375 e. The molecule has 1 heterocycles. The lowest BCUT2D eigenvalue weighted by Gasteiger charge is -2.41. The van der Waals surface area contributed by atoms with Gasteiger partial charge in [0, 0.05) is 11.8 Å². The number of benzene rings is 2. The largest absolute Gasteiger partial charge is 0.375 e. The zero-order valence-corrected chi connectivity index (χ0v) is 15.8. The van der Waals surface area contributed by atoms with Crippen molar-refractivity contribution in [3.8, 4) is 0 Å². The molecule has 3 nitrogen and oxygen atoms in total. The fraction of sp³-hybridized carbons (Fsp3) is 0.478. The normalized spacial score (nSPS) is 25.9. The van der Waals surface area contributed by atoms with E-state index in [2.05, 4.69) is 50.2 Å². The van der Waals surface area contributed by atoms with Gasteiger partial charge in [-0.3, -0.25) is 0 Å². The maximum atomic E-state index is 6.34. The van der Waals surface area contributed by atoms with Gasteiger partial charge in [0.05, 0.1) is 38.6 Å². The van der Waals surface area contributed by atoms with Crippen LogP contribution in [0.5, 0.6) is 0 Å². The summed E-state index contributed by atoms with van der Waals surface area (Å²) in [7, 11) is 0. The monoisotopic (exact) mass is 354 g/mol. The van der Waals surface area contributed by atoms with Gasteiger partial charge in [-0.1, -0.05) is 74.5 Å². The van der Waals surface area contributed by atoms with Crippen molar-refractivity contribution in [2.75, 3.05) is 13.2 Å². The number of hydrogen-bond acceptors (Lipinski definition) is 3. The summed E-state index contributed by atoms with van der Waals surface area (Å²) in [6, 6.07) is 20.7. The minimum atomic E-state index is 0.0854. The van der Waals surface area contributed by atoms with Crippen LogP contribution < -0.4 is 0 Å². The van der Waals surface area contributed by atoms with Crippen LogP contribution in [0.4, 0.5) is 0 Å². The van der Waals surface area contributed by atoms with E-state index >= 15 is 0 Å². The number of ether oxygens (including phenoxy) is 3. The molecule has 2 aromatic rings.